The third-order valence-electron chi connectivity index (χ3n) is 2.11. The molecule has 0 saturated carbocycles. The number of aromatic nitrogens is 2. The molecule has 1 heterocycles. The molecule has 0 bridgehead atoms. The first-order chi connectivity index (χ1) is 6.74. The third-order valence-corrected chi connectivity index (χ3v) is 2.11. The summed E-state index contributed by atoms with van der Waals surface area (Å²) in [7, 11) is 1.94. The van der Waals surface area contributed by atoms with Crippen LogP contribution >= 0.6 is 0 Å². The Morgan fingerprint density at radius 2 is 2.43 bits per heavy atom. The third kappa shape index (κ3) is 3.23. The van der Waals surface area contributed by atoms with Gasteiger partial charge >= 0.3 is 0 Å². The predicted octanol–water partition coefficient (Wildman–Crippen LogP) is 1.23. The average Bonchev–Trinajstić information content (AvgIpc) is 2.45. The first-order valence-corrected chi connectivity index (χ1v) is 4.87. The van der Waals surface area contributed by atoms with Crippen molar-refractivity contribution in [2.75, 3.05) is 6.54 Å². The molecule has 1 aromatic heterocycles. The maximum atomic E-state index is 5.16. The molecule has 3 heteroatoms. The van der Waals surface area contributed by atoms with Gasteiger partial charge in [0.2, 0.25) is 0 Å². The average molecular weight is 191 g/mol. The van der Waals surface area contributed by atoms with Gasteiger partial charge in [0.15, 0.2) is 0 Å². The van der Waals surface area contributed by atoms with Gasteiger partial charge in [-0.25, -0.2) is 0 Å². The summed E-state index contributed by atoms with van der Waals surface area (Å²) in [6.07, 6.45) is 9.09. The summed E-state index contributed by atoms with van der Waals surface area (Å²) >= 11 is 0. The summed E-state index contributed by atoms with van der Waals surface area (Å²) in [6.45, 7) is 3.88. The minimum Gasteiger partial charge on any atom is -0.313 e. The summed E-state index contributed by atoms with van der Waals surface area (Å²) < 4.78 is 1.84. The first kappa shape index (κ1) is 10.8. The zero-order valence-electron chi connectivity index (χ0n) is 8.88. The molecule has 0 spiro atoms. The standard InChI is InChI=1S/C11H17N3/c1-4-5-6-7-12-8-11-9-14(3)13-10(11)2/h1,9,12H,5-8H2,2-3H3. The molecule has 1 N–H and O–H groups in total. The highest BCUT2D eigenvalue weighted by Crippen LogP contribution is 2.03. The zero-order valence-corrected chi connectivity index (χ0v) is 8.88. The van der Waals surface area contributed by atoms with E-state index in [0.717, 1.165) is 31.6 Å². The molecule has 0 fully saturated rings. The maximum absolute atomic E-state index is 5.16. The molecule has 0 atom stereocenters. The van der Waals surface area contributed by atoms with Gasteiger partial charge in [0.05, 0.1) is 5.69 Å². The van der Waals surface area contributed by atoms with Gasteiger partial charge in [-0.05, 0) is 19.9 Å². The molecule has 0 aromatic carbocycles. The Kier molecular flexibility index (Phi) is 4.21. The topological polar surface area (TPSA) is 29.9 Å². The highest BCUT2D eigenvalue weighted by Gasteiger charge is 2.00. The second-order valence-corrected chi connectivity index (χ2v) is 3.40. The van der Waals surface area contributed by atoms with E-state index >= 15 is 0 Å². The van der Waals surface area contributed by atoms with Crippen LogP contribution in [-0.4, -0.2) is 16.3 Å². The number of hydrogen-bond acceptors (Lipinski definition) is 2. The van der Waals surface area contributed by atoms with Crippen molar-refractivity contribution < 1.29 is 0 Å². The lowest BCUT2D eigenvalue weighted by atomic mass is 10.2. The molecule has 0 unspecified atom stereocenters. The molecule has 0 aliphatic carbocycles. The normalized spacial score (nSPS) is 10.1. The Labute approximate surface area is 85.5 Å². The van der Waals surface area contributed by atoms with Crippen molar-refractivity contribution in [3.8, 4) is 12.3 Å². The van der Waals surface area contributed by atoms with Crippen LogP contribution < -0.4 is 5.32 Å². The predicted molar refractivity (Wildman–Crippen MR) is 57.7 cm³/mol. The number of nitrogens with one attached hydrogen (secondary N) is 1. The molecule has 1 aromatic rings. The number of aryl methyl sites for hydroxylation is 2. The van der Waals surface area contributed by atoms with Crippen LogP contribution in [0.4, 0.5) is 0 Å². The highest BCUT2D eigenvalue weighted by molar-refractivity contribution is 5.14. The van der Waals surface area contributed by atoms with E-state index in [1.807, 2.05) is 24.9 Å². The van der Waals surface area contributed by atoms with E-state index in [4.69, 9.17) is 6.42 Å². The largest absolute Gasteiger partial charge is 0.313 e. The SMILES string of the molecule is C#CCCCNCc1cn(C)nc1C. The number of terminal acetylenes is 1. The smallest absolute Gasteiger partial charge is 0.0638 e. The second kappa shape index (κ2) is 5.46. The number of unbranched alkanes of at least 4 members (excludes halogenated alkanes) is 1. The molecular weight excluding hydrogens is 174 g/mol. The molecule has 0 aliphatic heterocycles. The lowest BCUT2D eigenvalue weighted by Crippen LogP contribution is -2.14. The number of nitrogens with zero attached hydrogens (tertiary/aromatic N) is 2. The molecule has 0 radical (unpaired) electrons. The molecule has 3 nitrogen and oxygen atoms in total. The van der Waals surface area contributed by atoms with E-state index in [9.17, 15) is 0 Å². The Morgan fingerprint density at radius 3 is 3.00 bits per heavy atom. The van der Waals surface area contributed by atoms with Crippen LogP contribution in [0.15, 0.2) is 6.20 Å². The van der Waals surface area contributed by atoms with Crippen LogP contribution in [0.3, 0.4) is 0 Å². The van der Waals surface area contributed by atoms with Crippen molar-refractivity contribution in [2.45, 2.75) is 26.3 Å². The highest BCUT2D eigenvalue weighted by atomic mass is 15.2. The van der Waals surface area contributed by atoms with Crippen molar-refractivity contribution in [3.05, 3.63) is 17.5 Å². The number of hydrogen-bond donors (Lipinski definition) is 1. The van der Waals surface area contributed by atoms with Crippen LogP contribution in [0.25, 0.3) is 0 Å². The fourth-order valence-electron chi connectivity index (χ4n) is 1.36. The van der Waals surface area contributed by atoms with Crippen molar-refractivity contribution in [3.63, 3.8) is 0 Å². The van der Waals surface area contributed by atoms with E-state index in [2.05, 4.69) is 16.3 Å². The summed E-state index contributed by atoms with van der Waals surface area (Å²) in [5, 5.41) is 7.61. The Bertz CT molecular complexity index is 320. The van der Waals surface area contributed by atoms with E-state index < -0.39 is 0 Å². The van der Waals surface area contributed by atoms with Crippen molar-refractivity contribution in [1.82, 2.24) is 15.1 Å². The fourth-order valence-corrected chi connectivity index (χ4v) is 1.36. The molecule has 0 saturated heterocycles. The minimum absolute atomic E-state index is 0.846. The summed E-state index contributed by atoms with van der Waals surface area (Å²) in [4.78, 5) is 0. The van der Waals surface area contributed by atoms with Gasteiger partial charge < -0.3 is 5.32 Å². The maximum Gasteiger partial charge on any atom is 0.0638 e. The second-order valence-electron chi connectivity index (χ2n) is 3.40. The lowest BCUT2D eigenvalue weighted by Gasteiger charge is -2.01. The summed E-state index contributed by atoms with van der Waals surface area (Å²) in [5.74, 6) is 2.63. The van der Waals surface area contributed by atoms with Crippen LogP contribution in [0, 0.1) is 19.3 Å². The summed E-state index contributed by atoms with van der Waals surface area (Å²) in [5.41, 5.74) is 2.35. The molecule has 76 valence electrons. The van der Waals surface area contributed by atoms with E-state index in [0.29, 0.717) is 0 Å². The van der Waals surface area contributed by atoms with Crippen LogP contribution in [0.1, 0.15) is 24.1 Å². The van der Waals surface area contributed by atoms with Gasteiger partial charge in [0.1, 0.15) is 0 Å². The monoisotopic (exact) mass is 191 g/mol. The molecule has 14 heavy (non-hydrogen) atoms. The van der Waals surface area contributed by atoms with E-state index in [-0.39, 0.29) is 0 Å². The first-order valence-electron chi connectivity index (χ1n) is 4.87. The van der Waals surface area contributed by atoms with Gasteiger partial charge in [0, 0.05) is 31.8 Å². The van der Waals surface area contributed by atoms with E-state index in [1.165, 1.54) is 5.56 Å². The van der Waals surface area contributed by atoms with Gasteiger partial charge in [-0.1, -0.05) is 0 Å². The van der Waals surface area contributed by atoms with Gasteiger partial charge in [-0.3, -0.25) is 4.68 Å². The lowest BCUT2D eigenvalue weighted by molar-refractivity contribution is 0.657. The Balaban J connectivity index is 2.25. The Morgan fingerprint density at radius 1 is 1.64 bits per heavy atom. The number of rotatable bonds is 5. The minimum atomic E-state index is 0.846. The van der Waals surface area contributed by atoms with Crippen LogP contribution in [0.2, 0.25) is 0 Å². The van der Waals surface area contributed by atoms with Crippen molar-refractivity contribution in [1.29, 1.82) is 0 Å². The fraction of sp³-hybridized carbons (Fsp3) is 0.545. The zero-order chi connectivity index (χ0) is 10.4. The van der Waals surface area contributed by atoms with Crippen molar-refractivity contribution in [2.24, 2.45) is 7.05 Å². The quantitative estimate of drug-likeness (QED) is 0.560. The molecule has 1 rings (SSSR count). The van der Waals surface area contributed by atoms with Crippen LogP contribution in [0.5, 0.6) is 0 Å². The Hall–Kier alpha value is -1.27. The van der Waals surface area contributed by atoms with Gasteiger partial charge in [-0.2, -0.15) is 5.10 Å². The molecule has 0 aliphatic rings. The van der Waals surface area contributed by atoms with Gasteiger partial charge in [0.25, 0.3) is 0 Å². The molecule has 0 amide bonds. The summed E-state index contributed by atoms with van der Waals surface area (Å²) in [6, 6.07) is 0. The van der Waals surface area contributed by atoms with Gasteiger partial charge in [-0.15, -0.1) is 12.3 Å². The van der Waals surface area contributed by atoms with Crippen molar-refractivity contribution >= 4 is 0 Å². The molecular formula is C11H17N3. The van der Waals surface area contributed by atoms with E-state index in [1.54, 1.807) is 0 Å². The van der Waals surface area contributed by atoms with Crippen LogP contribution in [-0.2, 0) is 13.6 Å².